The Morgan fingerprint density at radius 2 is 2.00 bits per heavy atom. The number of fused-ring (bicyclic) bond motifs is 1. The number of hydrogen-bond acceptors (Lipinski definition) is 7. The van der Waals surface area contributed by atoms with Gasteiger partial charge in [-0.1, -0.05) is 38.0 Å². The van der Waals surface area contributed by atoms with Gasteiger partial charge in [-0.05, 0) is 43.6 Å². The molecule has 1 saturated heterocycles. The van der Waals surface area contributed by atoms with Crippen molar-refractivity contribution in [3.05, 3.63) is 22.1 Å². The molecule has 0 aromatic carbocycles. The topological polar surface area (TPSA) is 79.6 Å². The highest BCUT2D eigenvalue weighted by atomic mass is 32.2. The maximum Gasteiger partial charge on any atom is 0.275 e. The molecule has 2 aromatic rings. The van der Waals surface area contributed by atoms with Crippen LogP contribution in [0.4, 0.5) is 5.13 Å². The zero-order valence-electron chi connectivity index (χ0n) is 18.1. The molecule has 1 N–H and O–H groups in total. The van der Waals surface area contributed by atoms with E-state index in [1.807, 2.05) is 11.8 Å². The fourth-order valence-electron chi connectivity index (χ4n) is 3.57. The molecular weight excluding hydrogens is 418 g/mol. The van der Waals surface area contributed by atoms with E-state index in [1.54, 1.807) is 6.07 Å². The van der Waals surface area contributed by atoms with Crippen molar-refractivity contribution in [3.8, 4) is 0 Å². The van der Waals surface area contributed by atoms with Crippen molar-refractivity contribution >= 4 is 39.1 Å². The molecule has 0 atom stereocenters. The Balaban J connectivity index is 1.46. The van der Waals surface area contributed by atoms with Gasteiger partial charge in [-0.3, -0.25) is 9.59 Å². The van der Waals surface area contributed by atoms with Gasteiger partial charge in [-0.2, -0.15) is 16.3 Å². The Labute approximate surface area is 186 Å². The summed E-state index contributed by atoms with van der Waals surface area (Å²) in [6.45, 7) is 6.62. The molecule has 0 radical (unpaired) electrons. The number of carbonyl (C=O) groups excluding carboxylic acids is 1. The first kappa shape index (κ1) is 23.1. The van der Waals surface area contributed by atoms with Crippen LogP contribution in [0.3, 0.4) is 0 Å². The normalized spacial score (nSPS) is 15.1. The van der Waals surface area contributed by atoms with E-state index in [2.05, 4.69) is 34.1 Å². The molecule has 2 aromatic heterocycles. The molecule has 3 rings (SSSR count). The van der Waals surface area contributed by atoms with Crippen molar-refractivity contribution in [1.29, 1.82) is 0 Å². The van der Waals surface area contributed by atoms with Gasteiger partial charge in [0.05, 0.1) is 0 Å². The molecule has 0 bridgehead atoms. The molecular formula is C21H33N5O2S2. The summed E-state index contributed by atoms with van der Waals surface area (Å²) in [4.78, 5) is 32.2. The number of aryl methyl sites for hydroxylation is 1. The average molecular weight is 452 g/mol. The summed E-state index contributed by atoms with van der Waals surface area (Å²) in [5.41, 5.74) is 0.713. The van der Waals surface area contributed by atoms with E-state index < -0.39 is 0 Å². The zero-order chi connectivity index (χ0) is 21.3. The fourth-order valence-corrected chi connectivity index (χ4v) is 5.59. The molecule has 30 heavy (non-hydrogen) atoms. The lowest BCUT2D eigenvalue weighted by Crippen LogP contribution is -2.41. The minimum Gasteiger partial charge on any atom is -0.356 e. The SMILES string of the molecule is CCCCSCCCNC(=O)C1CCN(c2nn3c(=O)cc(CCC)nc3s2)CC1. The number of unbranched alkanes of at least 4 members (excludes halogenated alkanes) is 1. The molecule has 1 fully saturated rings. The minimum absolute atomic E-state index is 0.0698. The summed E-state index contributed by atoms with van der Waals surface area (Å²) in [6.07, 6.45) is 6.94. The lowest BCUT2D eigenvalue weighted by Gasteiger charge is -2.30. The van der Waals surface area contributed by atoms with E-state index in [-0.39, 0.29) is 17.4 Å². The van der Waals surface area contributed by atoms with Crippen molar-refractivity contribution < 1.29 is 4.79 Å². The number of nitrogens with zero attached hydrogens (tertiary/aromatic N) is 4. The number of anilines is 1. The summed E-state index contributed by atoms with van der Waals surface area (Å²) in [6, 6.07) is 1.58. The largest absolute Gasteiger partial charge is 0.356 e. The van der Waals surface area contributed by atoms with Gasteiger partial charge in [0.2, 0.25) is 16.0 Å². The van der Waals surface area contributed by atoms with Crippen LogP contribution in [0.15, 0.2) is 10.9 Å². The Morgan fingerprint density at radius 3 is 2.73 bits per heavy atom. The van der Waals surface area contributed by atoms with Gasteiger partial charge in [0.1, 0.15) is 0 Å². The highest BCUT2D eigenvalue weighted by molar-refractivity contribution is 7.99. The van der Waals surface area contributed by atoms with Crippen molar-refractivity contribution in [3.63, 3.8) is 0 Å². The quantitative estimate of drug-likeness (QED) is 0.528. The van der Waals surface area contributed by atoms with Crippen LogP contribution in [0.2, 0.25) is 0 Å². The van der Waals surface area contributed by atoms with Crippen LogP contribution in [0.1, 0.15) is 58.1 Å². The predicted molar refractivity (Wildman–Crippen MR) is 126 cm³/mol. The summed E-state index contributed by atoms with van der Waals surface area (Å²) in [5, 5.41) is 8.40. The van der Waals surface area contributed by atoms with Crippen molar-refractivity contribution in [2.45, 2.75) is 58.8 Å². The average Bonchev–Trinajstić information content (AvgIpc) is 3.18. The molecule has 0 spiro atoms. The molecule has 3 heterocycles. The zero-order valence-corrected chi connectivity index (χ0v) is 19.7. The van der Waals surface area contributed by atoms with E-state index >= 15 is 0 Å². The monoisotopic (exact) mass is 451 g/mol. The van der Waals surface area contributed by atoms with Crippen LogP contribution >= 0.6 is 23.1 Å². The lowest BCUT2D eigenvalue weighted by molar-refractivity contribution is -0.125. The van der Waals surface area contributed by atoms with Crippen molar-refractivity contribution in [2.24, 2.45) is 5.92 Å². The summed E-state index contributed by atoms with van der Waals surface area (Å²) < 4.78 is 1.40. The van der Waals surface area contributed by atoms with Gasteiger partial charge in [0.15, 0.2) is 0 Å². The van der Waals surface area contributed by atoms with E-state index in [4.69, 9.17) is 0 Å². The van der Waals surface area contributed by atoms with Crippen LogP contribution < -0.4 is 15.8 Å². The minimum atomic E-state index is -0.118. The first-order chi connectivity index (χ1) is 14.6. The number of amides is 1. The number of piperidine rings is 1. The first-order valence-electron chi connectivity index (χ1n) is 11.1. The van der Waals surface area contributed by atoms with Gasteiger partial charge in [-0.25, -0.2) is 4.98 Å². The van der Waals surface area contributed by atoms with Crippen LogP contribution in [-0.4, -0.2) is 51.6 Å². The molecule has 1 aliphatic rings. The molecule has 1 amide bonds. The number of carbonyl (C=O) groups is 1. The Hall–Kier alpha value is -1.61. The summed E-state index contributed by atoms with van der Waals surface area (Å²) in [7, 11) is 0. The van der Waals surface area contributed by atoms with Crippen LogP contribution in [0.25, 0.3) is 4.96 Å². The first-order valence-corrected chi connectivity index (χ1v) is 13.1. The molecule has 0 unspecified atom stereocenters. The predicted octanol–water partition coefficient (Wildman–Crippen LogP) is 3.36. The maximum absolute atomic E-state index is 12.5. The van der Waals surface area contributed by atoms with Gasteiger partial charge < -0.3 is 10.2 Å². The lowest BCUT2D eigenvalue weighted by atomic mass is 9.96. The third kappa shape index (κ3) is 6.20. The van der Waals surface area contributed by atoms with Gasteiger partial charge in [-0.15, -0.1) is 5.10 Å². The van der Waals surface area contributed by atoms with Crippen LogP contribution in [0, 0.1) is 5.92 Å². The van der Waals surface area contributed by atoms with Crippen molar-refractivity contribution in [1.82, 2.24) is 19.9 Å². The Bertz CT molecular complexity index is 874. The Morgan fingerprint density at radius 1 is 1.23 bits per heavy atom. The van der Waals surface area contributed by atoms with Crippen molar-refractivity contribution in [2.75, 3.05) is 36.0 Å². The van der Waals surface area contributed by atoms with Gasteiger partial charge >= 0.3 is 0 Å². The number of nitrogens with one attached hydrogen (secondary N) is 1. The molecule has 9 heteroatoms. The third-order valence-electron chi connectivity index (χ3n) is 5.34. The Kier molecular flexibility index (Phi) is 8.99. The van der Waals surface area contributed by atoms with Crippen LogP contribution in [0.5, 0.6) is 0 Å². The van der Waals surface area contributed by atoms with E-state index in [0.29, 0.717) is 4.96 Å². The van der Waals surface area contributed by atoms with E-state index in [9.17, 15) is 9.59 Å². The highest BCUT2D eigenvalue weighted by Crippen LogP contribution is 2.27. The second-order valence-corrected chi connectivity index (χ2v) is 9.95. The highest BCUT2D eigenvalue weighted by Gasteiger charge is 2.26. The van der Waals surface area contributed by atoms with Gasteiger partial charge in [0.25, 0.3) is 5.56 Å². The summed E-state index contributed by atoms with van der Waals surface area (Å²) >= 11 is 3.43. The van der Waals surface area contributed by atoms with E-state index in [1.165, 1.54) is 34.4 Å². The molecule has 0 aliphatic carbocycles. The van der Waals surface area contributed by atoms with Crippen LogP contribution in [-0.2, 0) is 11.2 Å². The second-order valence-electron chi connectivity index (χ2n) is 7.79. The number of aromatic nitrogens is 3. The number of thioether (sulfide) groups is 1. The standard InChI is InChI=1S/C21H33N5O2S2/c1-3-5-13-29-14-6-10-22-19(28)16-8-11-25(12-9-16)21-24-26-18(27)15-17(7-4-2)23-20(26)30-21/h15-16H,3-14H2,1-2H3,(H,22,28). The molecule has 0 saturated carbocycles. The maximum atomic E-state index is 12.5. The molecule has 1 aliphatic heterocycles. The number of hydrogen-bond donors (Lipinski definition) is 1. The summed E-state index contributed by atoms with van der Waals surface area (Å²) in [5.74, 6) is 2.58. The smallest absolute Gasteiger partial charge is 0.275 e. The van der Waals surface area contributed by atoms with Gasteiger partial charge in [0, 0.05) is 37.3 Å². The van der Waals surface area contributed by atoms with E-state index in [0.717, 1.165) is 68.3 Å². The molecule has 7 nitrogen and oxygen atoms in total. The number of rotatable bonds is 11. The molecule has 166 valence electrons. The fraction of sp³-hybridized carbons (Fsp3) is 0.714. The second kappa shape index (κ2) is 11.7. The third-order valence-corrected chi connectivity index (χ3v) is 7.46.